The first-order chi connectivity index (χ1) is 13.6. The molecular formula is C22H20N2O4. The van der Waals surface area contributed by atoms with Gasteiger partial charge in [0.25, 0.3) is 0 Å². The van der Waals surface area contributed by atoms with Crippen LogP contribution in [0, 0.1) is 11.3 Å². The van der Waals surface area contributed by atoms with Gasteiger partial charge >= 0.3 is 6.09 Å². The van der Waals surface area contributed by atoms with Gasteiger partial charge in [0.15, 0.2) is 0 Å². The zero-order valence-corrected chi connectivity index (χ0v) is 15.1. The molecule has 0 fully saturated rings. The lowest BCUT2D eigenvalue weighted by molar-refractivity contribution is 0.100. The summed E-state index contributed by atoms with van der Waals surface area (Å²) in [5.41, 5.74) is 1.77. The summed E-state index contributed by atoms with van der Waals surface area (Å²) < 4.78 is 5.64. The van der Waals surface area contributed by atoms with Crippen LogP contribution in [0.15, 0.2) is 60.7 Å². The molecule has 28 heavy (non-hydrogen) atoms. The van der Waals surface area contributed by atoms with E-state index in [1.54, 1.807) is 42.5 Å². The average molecular weight is 376 g/mol. The zero-order chi connectivity index (χ0) is 19.9. The fourth-order valence-electron chi connectivity index (χ4n) is 3.05. The molecule has 142 valence electrons. The van der Waals surface area contributed by atoms with Gasteiger partial charge in [-0.1, -0.05) is 30.3 Å². The van der Waals surface area contributed by atoms with Gasteiger partial charge < -0.3 is 14.9 Å². The summed E-state index contributed by atoms with van der Waals surface area (Å²) in [6.07, 6.45) is -0.323. The van der Waals surface area contributed by atoms with E-state index in [-0.39, 0.29) is 12.4 Å². The largest absolute Gasteiger partial charge is 0.507 e. The van der Waals surface area contributed by atoms with Crippen LogP contribution in [-0.4, -0.2) is 22.9 Å². The molecule has 0 spiro atoms. The number of carbonyl (C=O) groups is 1. The van der Waals surface area contributed by atoms with Crippen molar-refractivity contribution in [3.63, 3.8) is 0 Å². The number of nitriles is 1. The highest BCUT2D eigenvalue weighted by atomic mass is 16.6. The first kappa shape index (κ1) is 19.2. The molecule has 0 unspecified atom stereocenters. The molecule has 0 radical (unpaired) electrons. The molecule has 0 aliphatic heterocycles. The monoisotopic (exact) mass is 376 g/mol. The van der Waals surface area contributed by atoms with Gasteiger partial charge in [-0.15, -0.1) is 0 Å². The van der Waals surface area contributed by atoms with E-state index >= 15 is 0 Å². The number of aliphatic hydroxyl groups excluding tert-OH is 1. The molecule has 0 aliphatic rings. The molecule has 6 heteroatoms. The van der Waals surface area contributed by atoms with Crippen molar-refractivity contribution in [1.29, 1.82) is 5.26 Å². The second-order valence-electron chi connectivity index (χ2n) is 6.29. The van der Waals surface area contributed by atoms with Crippen molar-refractivity contribution >= 4 is 22.6 Å². The first-order valence-corrected chi connectivity index (χ1v) is 8.91. The Morgan fingerprint density at radius 3 is 2.46 bits per heavy atom. The van der Waals surface area contributed by atoms with Crippen molar-refractivity contribution in [3.05, 3.63) is 71.8 Å². The summed E-state index contributed by atoms with van der Waals surface area (Å²) in [5.74, 6) is 0.155. The Morgan fingerprint density at radius 2 is 1.79 bits per heavy atom. The molecule has 0 saturated carbocycles. The third-order valence-corrected chi connectivity index (χ3v) is 4.42. The fraction of sp³-hybridized carbons (Fsp3) is 0.182. The third-order valence-electron chi connectivity index (χ3n) is 4.42. The number of anilines is 1. The summed E-state index contributed by atoms with van der Waals surface area (Å²) in [4.78, 5) is 12.4. The Hall–Kier alpha value is -3.56. The quantitative estimate of drug-likeness (QED) is 0.589. The highest BCUT2D eigenvalue weighted by molar-refractivity contribution is 5.91. The molecule has 6 nitrogen and oxygen atoms in total. The minimum Gasteiger partial charge on any atom is -0.507 e. The zero-order valence-electron chi connectivity index (χ0n) is 15.1. The Bertz CT molecular complexity index is 1010. The number of rotatable bonds is 6. The van der Waals surface area contributed by atoms with E-state index in [1.807, 2.05) is 24.3 Å². The molecule has 1 amide bonds. The average Bonchev–Trinajstić information content (AvgIpc) is 2.72. The number of carbonyl (C=O) groups excluding carboxylic acids is 1. The van der Waals surface area contributed by atoms with Gasteiger partial charge in [0, 0.05) is 23.2 Å². The Labute approximate surface area is 162 Å². The van der Waals surface area contributed by atoms with Gasteiger partial charge in [-0.25, -0.2) is 4.79 Å². The Balaban J connectivity index is 1.83. The molecular weight excluding hydrogens is 356 g/mol. The maximum absolute atomic E-state index is 12.4. The molecule has 3 aromatic carbocycles. The van der Waals surface area contributed by atoms with Crippen molar-refractivity contribution < 1.29 is 19.7 Å². The van der Waals surface area contributed by atoms with Crippen molar-refractivity contribution in [2.75, 3.05) is 11.9 Å². The number of benzene rings is 3. The van der Waals surface area contributed by atoms with Crippen LogP contribution in [0.5, 0.6) is 5.75 Å². The molecule has 0 saturated heterocycles. The number of phenolic OH excluding ortho intramolecular Hbond substituents is 1. The third kappa shape index (κ3) is 4.40. The van der Waals surface area contributed by atoms with E-state index in [0.29, 0.717) is 29.5 Å². The number of amides is 1. The van der Waals surface area contributed by atoms with Crippen LogP contribution in [0.25, 0.3) is 10.8 Å². The number of aromatic hydroxyl groups is 1. The number of nitrogens with one attached hydrogen (secondary N) is 1. The predicted molar refractivity (Wildman–Crippen MR) is 106 cm³/mol. The van der Waals surface area contributed by atoms with E-state index < -0.39 is 12.2 Å². The van der Waals surface area contributed by atoms with E-state index in [4.69, 9.17) is 10.00 Å². The lowest BCUT2D eigenvalue weighted by Crippen LogP contribution is -2.18. The summed E-state index contributed by atoms with van der Waals surface area (Å²) in [7, 11) is 0. The molecule has 3 aromatic rings. The maximum atomic E-state index is 12.4. The van der Waals surface area contributed by atoms with Crippen LogP contribution >= 0.6 is 0 Å². The summed E-state index contributed by atoms with van der Waals surface area (Å²) in [6.45, 7) is -0.0207. The van der Waals surface area contributed by atoms with E-state index in [2.05, 4.69) is 5.32 Å². The van der Waals surface area contributed by atoms with Crippen LogP contribution in [0.4, 0.5) is 10.5 Å². The van der Waals surface area contributed by atoms with Gasteiger partial charge in [-0.2, -0.15) is 5.26 Å². The van der Waals surface area contributed by atoms with Crippen molar-refractivity contribution in [1.82, 2.24) is 0 Å². The topological polar surface area (TPSA) is 103 Å². The molecule has 3 N–H and O–H groups in total. The smallest absolute Gasteiger partial charge is 0.412 e. The molecule has 0 aliphatic carbocycles. The van der Waals surface area contributed by atoms with Gasteiger partial charge in [0.1, 0.15) is 11.9 Å². The summed E-state index contributed by atoms with van der Waals surface area (Å²) in [5, 5.41) is 32.3. The van der Waals surface area contributed by atoms with Crippen LogP contribution in [0.3, 0.4) is 0 Å². The lowest BCUT2D eigenvalue weighted by atomic mass is 9.97. The second-order valence-corrected chi connectivity index (χ2v) is 6.29. The standard InChI is InChI=1S/C22H20N2O4/c23-14-15-7-9-16(10-8-15)24-22(27)28-21(6-3-13-25)19-11-12-20(26)18-5-2-1-4-17(18)19/h1-2,4-5,7-12,21,25-26H,3,6,13H2,(H,24,27)/t21-/m0/s1. The van der Waals surface area contributed by atoms with Crippen LogP contribution in [0.2, 0.25) is 0 Å². The van der Waals surface area contributed by atoms with Crippen LogP contribution in [-0.2, 0) is 4.74 Å². The number of fused-ring (bicyclic) bond motifs is 1. The number of phenols is 1. The molecule has 0 aromatic heterocycles. The van der Waals surface area contributed by atoms with Gasteiger partial charge in [-0.3, -0.25) is 5.32 Å². The van der Waals surface area contributed by atoms with E-state index in [1.165, 1.54) is 0 Å². The number of hydrogen-bond acceptors (Lipinski definition) is 5. The highest BCUT2D eigenvalue weighted by Crippen LogP contribution is 2.34. The van der Waals surface area contributed by atoms with Crippen molar-refractivity contribution in [2.24, 2.45) is 0 Å². The van der Waals surface area contributed by atoms with E-state index in [9.17, 15) is 15.0 Å². The lowest BCUT2D eigenvalue weighted by Gasteiger charge is -2.20. The summed E-state index contributed by atoms with van der Waals surface area (Å²) >= 11 is 0. The number of aliphatic hydroxyl groups is 1. The SMILES string of the molecule is N#Cc1ccc(NC(=O)O[C@@H](CCCO)c2ccc(O)c3ccccc23)cc1. The van der Waals surface area contributed by atoms with Gasteiger partial charge in [-0.05, 0) is 48.6 Å². The molecule has 0 heterocycles. The number of nitrogens with zero attached hydrogens (tertiary/aromatic N) is 1. The minimum atomic E-state index is -0.634. The normalized spacial score (nSPS) is 11.6. The number of hydrogen-bond donors (Lipinski definition) is 3. The highest BCUT2D eigenvalue weighted by Gasteiger charge is 2.20. The first-order valence-electron chi connectivity index (χ1n) is 8.91. The predicted octanol–water partition coefficient (Wildman–Crippen LogP) is 4.48. The number of ether oxygens (including phenoxy) is 1. The maximum Gasteiger partial charge on any atom is 0.412 e. The van der Waals surface area contributed by atoms with Crippen LogP contribution in [0.1, 0.15) is 30.1 Å². The Kier molecular flexibility index (Phi) is 6.10. The van der Waals surface area contributed by atoms with Crippen LogP contribution < -0.4 is 5.32 Å². The van der Waals surface area contributed by atoms with Gasteiger partial charge in [0.05, 0.1) is 11.6 Å². The summed E-state index contributed by atoms with van der Waals surface area (Å²) in [6, 6.07) is 19.1. The van der Waals surface area contributed by atoms with E-state index in [0.717, 1.165) is 10.9 Å². The molecule has 0 bridgehead atoms. The second kappa shape index (κ2) is 8.89. The van der Waals surface area contributed by atoms with Crippen molar-refractivity contribution in [3.8, 4) is 11.8 Å². The molecule has 1 atom stereocenters. The minimum absolute atomic E-state index is 0.0207. The van der Waals surface area contributed by atoms with Gasteiger partial charge in [0.2, 0.25) is 0 Å². The fourth-order valence-corrected chi connectivity index (χ4v) is 3.05. The van der Waals surface area contributed by atoms with Crippen molar-refractivity contribution in [2.45, 2.75) is 18.9 Å². The molecule has 3 rings (SSSR count). The Morgan fingerprint density at radius 1 is 1.07 bits per heavy atom.